The lowest BCUT2D eigenvalue weighted by Crippen LogP contribution is -2.34. The average molecular weight is 383 g/mol. The number of thioether (sulfide) groups is 1. The third-order valence-corrected chi connectivity index (χ3v) is 5.60. The predicted molar refractivity (Wildman–Crippen MR) is 94.8 cm³/mol. The molecular weight excluding hydrogens is 364 g/mol. The molecule has 0 saturated heterocycles. The first-order valence-corrected chi connectivity index (χ1v) is 9.34. The number of nitrogens with zero attached hydrogens (tertiary/aromatic N) is 6. The molecule has 0 unspecified atom stereocenters. The van der Waals surface area contributed by atoms with Crippen molar-refractivity contribution in [1.29, 1.82) is 0 Å². The van der Waals surface area contributed by atoms with Gasteiger partial charge in [-0.25, -0.2) is 21.2 Å². The number of fused-ring (bicyclic) bond motifs is 1. The van der Waals surface area contributed by atoms with E-state index in [1.807, 2.05) is 0 Å². The van der Waals surface area contributed by atoms with Crippen molar-refractivity contribution in [2.45, 2.75) is 49.2 Å². The van der Waals surface area contributed by atoms with Gasteiger partial charge in [-0.1, -0.05) is 35.5 Å². The van der Waals surface area contributed by atoms with Gasteiger partial charge < -0.3 is 14.3 Å². The first kappa shape index (κ1) is 18.3. The van der Waals surface area contributed by atoms with E-state index in [0.29, 0.717) is 22.7 Å². The highest BCUT2D eigenvalue weighted by atomic mass is 35.5. The minimum atomic E-state index is -0.321. The van der Waals surface area contributed by atoms with Crippen LogP contribution < -0.4 is 0 Å². The quantitative estimate of drug-likeness (QED) is 0.329. The third kappa shape index (κ3) is 3.31. The maximum Gasteiger partial charge on any atom is 0.254 e. The van der Waals surface area contributed by atoms with Crippen LogP contribution in [0.3, 0.4) is 0 Å². The molecule has 1 aliphatic carbocycles. The number of halogens is 1. The van der Waals surface area contributed by atoms with Crippen molar-refractivity contribution in [2.75, 3.05) is 20.0 Å². The summed E-state index contributed by atoms with van der Waals surface area (Å²) in [4.78, 5) is 12.5. The van der Waals surface area contributed by atoms with Gasteiger partial charge in [0.05, 0.1) is 12.5 Å². The molecule has 1 saturated carbocycles. The number of methoxy groups -OCH3 is 2. The number of aromatic nitrogens is 5. The minimum absolute atomic E-state index is 0.200. The second-order valence-electron chi connectivity index (χ2n) is 5.75. The van der Waals surface area contributed by atoms with Crippen LogP contribution in [0.15, 0.2) is 5.16 Å². The zero-order chi connectivity index (χ0) is 18.0. The van der Waals surface area contributed by atoms with Crippen molar-refractivity contribution in [2.24, 2.45) is 0 Å². The van der Waals surface area contributed by atoms with Crippen molar-refractivity contribution < 1.29 is 9.47 Å². The maximum atomic E-state index is 7.42. The van der Waals surface area contributed by atoms with Crippen LogP contribution in [0.2, 0.25) is 5.15 Å². The van der Waals surface area contributed by atoms with E-state index >= 15 is 0 Å². The molecule has 25 heavy (non-hydrogen) atoms. The number of hydrogen-bond acceptors (Lipinski definition) is 7. The molecule has 4 atom stereocenters. The van der Waals surface area contributed by atoms with Gasteiger partial charge in [0.2, 0.25) is 0 Å². The van der Waals surface area contributed by atoms with E-state index in [1.165, 1.54) is 0 Å². The summed E-state index contributed by atoms with van der Waals surface area (Å²) in [6.07, 6.45) is 0.933. The van der Waals surface area contributed by atoms with Crippen LogP contribution >= 0.6 is 23.4 Å². The van der Waals surface area contributed by atoms with Crippen molar-refractivity contribution >= 4 is 34.5 Å². The molecule has 0 radical (unpaired) electrons. The summed E-state index contributed by atoms with van der Waals surface area (Å²) >= 11 is 7.80. The van der Waals surface area contributed by atoms with Gasteiger partial charge in [-0.3, -0.25) is 0 Å². The molecule has 0 aliphatic heterocycles. The van der Waals surface area contributed by atoms with E-state index in [2.05, 4.69) is 32.0 Å². The van der Waals surface area contributed by atoms with Gasteiger partial charge in [-0.05, 0) is 6.42 Å². The van der Waals surface area contributed by atoms with Crippen LogP contribution in [0.1, 0.15) is 25.8 Å². The molecule has 2 aromatic rings. The second-order valence-corrected chi connectivity index (χ2v) is 7.17. The molecule has 0 spiro atoms. The average Bonchev–Trinajstić information content (AvgIpc) is 3.20. The smallest absolute Gasteiger partial charge is 0.254 e. The summed E-state index contributed by atoms with van der Waals surface area (Å²) < 4.78 is 12.8. The summed E-state index contributed by atoms with van der Waals surface area (Å²) in [6.45, 7) is 9.51. The second kappa shape index (κ2) is 7.83. The van der Waals surface area contributed by atoms with Gasteiger partial charge >= 0.3 is 0 Å². The number of ether oxygens (including phenoxy) is 2. The molecule has 1 aliphatic rings. The van der Waals surface area contributed by atoms with Crippen molar-refractivity contribution in [1.82, 2.24) is 25.0 Å². The Balaban J connectivity index is 2.03. The van der Waals surface area contributed by atoms with Gasteiger partial charge in [0, 0.05) is 20.0 Å². The molecular formula is C15H19ClN6O2S. The number of hydrogen-bond donors (Lipinski definition) is 0. The zero-order valence-corrected chi connectivity index (χ0v) is 15.8. The highest BCUT2D eigenvalue weighted by Gasteiger charge is 2.50. The molecule has 0 amide bonds. The van der Waals surface area contributed by atoms with Gasteiger partial charge in [0.1, 0.15) is 6.10 Å². The summed E-state index contributed by atoms with van der Waals surface area (Å²) in [5, 5.41) is 9.24. The topological polar surface area (TPSA) is 79.3 Å². The van der Waals surface area contributed by atoms with Crippen LogP contribution in [0.5, 0.6) is 0 Å². The van der Waals surface area contributed by atoms with Gasteiger partial charge in [0.25, 0.3) is 6.04 Å². The standard InChI is InChI=1S/C15H19ClN6O2S/c1-5-6-25-15-18-13(16)10-14(19-15)22(21-20-10)9-7-8(17-2)11(23-3)12(9)24-4/h8-9,11-12H,5-7H2,1,3-4H3/t8-,9+,11+,12-/m0/s1. The largest absolute Gasteiger partial charge is 0.376 e. The first-order chi connectivity index (χ1) is 12.1. The Morgan fingerprint density at radius 3 is 2.72 bits per heavy atom. The molecule has 2 heterocycles. The van der Waals surface area contributed by atoms with Gasteiger partial charge in [0.15, 0.2) is 27.6 Å². The van der Waals surface area contributed by atoms with Crippen LogP contribution in [0.4, 0.5) is 0 Å². The Kier molecular flexibility index (Phi) is 5.74. The van der Waals surface area contributed by atoms with E-state index in [9.17, 15) is 0 Å². The molecule has 1 fully saturated rings. The Morgan fingerprint density at radius 1 is 1.32 bits per heavy atom. The van der Waals surface area contributed by atoms with Crippen molar-refractivity contribution in [3.05, 3.63) is 16.6 Å². The van der Waals surface area contributed by atoms with Crippen LogP contribution in [-0.4, -0.2) is 63.2 Å². The normalized spacial score (nSPS) is 26.2. The van der Waals surface area contributed by atoms with Crippen LogP contribution in [0.25, 0.3) is 16.0 Å². The van der Waals surface area contributed by atoms with Gasteiger partial charge in [-0.2, -0.15) is 0 Å². The Bertz CT molecular complexity index is 794. The minimum Gasteiger partial charge on any atom is -0.376 e. The summed E-state index contributed by atoms with van der Waals surface area (Å²) in [7, 11) is 3.20. The number of rotatable bonds is 6. The fourth-order valence-corrected chi connectivity index (χ4v) is 4.11. The van der Waals surface area contributed by atoms with Crippen LogP contribution in [0, 0.1) is 6.57 Å². The fourth-order valence-electron chi connectivity index (χ4n) is 3.16. The highest BCUT2D eigenvalue weighted by molar-refractivity contribution is 7.99. The van der Waals surface area contributed by atoms with Gasteiger partial charge in [-0.15, -0.1) is 5.10 Å². The van der Waals surface area contributed by atoms with E-state index in [-0.39, 0.29) is 29.4 Å². The highest BCUT2D eigenvalue weighted by Crippen LogP contribution is 2.37. The summed E-state index contributed by atoms with van der Waals surface area (Å²) in [5.41, 5.74) is 1.02. The molecule has 0 N–H and O–H groups in total. The van der Waals surface area contributed by atoms with E-state index in [4.69, 9.17) is 27.6 Å². The van der Waals surface area contributed by atoms with Crippen molar-refractivity contribution in [3.63, 3.8) is 0 Å². The summed E-state index contributed by atoms with van der Waals surface area (Å²) in [6, 6.07) is -0.500. The monoisotopic (exact) mass is 382 g/mol. The third-order valence-electron chi connectivity index (χ3n) is 4.29. The molecule has 0 aromatic carbocycles. The van der Waals surface area contributed by atoms with E-state index in [1.54, 1.807) is 30.7 Å². The van der Waals surface area contributed by atoms with Crippen molar-refractivity contribution in [3.8, 4) is 0 Å². The molecule has 8 nitrogen and oxygen atoms in total. The lowest BCUT2D eigenvalue weighted by atomic mass is 10.2. The SMILES string of the molecule is [C-]#[N+][C@H]1C[C@@H](n2nnc3c(Cl)nc(SCCC)nc32)[C@H](OC)[C@@H]1OC. The van der Waals surface area contributed by atoms with Crippen LogP contribution in [-0.2, 0) is 9.47 Å². The lowest BCUT2D eigenvalue weighted by Gasteiger charge is -2.21. The molecule has 10 heteroatoms. The van der Waals surface area contributed by atoms with E-state index in [0.717, 1.165) is 12.2 Å². The lowest BCUT2D eigenvalue weighted by molar-refractivity contribution is -0.0343. The predicted octanol–water partition coefficient (Wildman–Crippen LogP) is 2.64. The van der Waals surface area contributed by atoms with E-state index < -0.39 is 0 Å². The first-order valence-electron chi connectivity index (χ1n) is 7.97. The molecule has 134 valence electrons. The zero-order valence-electron chi connectivity index (χ0n) is 14.2. The molecule has 0 bridgehead atoms. The Labute approximate surface area is 155 Å². The fraction of sp³-hybridized carbons (Fsp3) is 0.667. The molecule has 2 aromatic heterocycles. The molecule has 3 rings (SSSR count). The maximum absolute atomic E-state index is 7.42. The Morgan fingerprint density at radius 2 is 2.08 bits per heavy atom. The summed E-state index contributed by atoms with van der Waals surface area (Å²) in [5.74, 6) is 0.902. The Hall–Kier alpha value is -1.47.